The number of alkyl halides is 4. The molecule has 1 aliphatic heterocycles. The van der Waals surface area contributed by atoms with E-state index in [1.807, 2.05) is 0 Å². The van der Waals surface area contributed by atoms with Gasteiger partial charge in [-0.05, 0) is 6.42 Å². The van der Waals surface area contributed by atoms with Crippen LogP contribution in [0.15, 0.2) is 6.20 Å². The van der Waals surface area contributed by atoms with Gasteiger partial charge >= 0.3 is 6.18 Å². The second-order valence-corrected chi connectivity index (χ2v) is 7.12. The predicted octanol–water partition coefficient (Wildman–Crippen LogP) is 2.29. The minimum absolute atomic E-state index is 0.00884. The molecule has 1 unspecified atom stereocenters. The third-order valence-electron chi connectivity index (χ3n) is 2.89. The molecule has 0 bridgehead atoms. The first-order valence-electron chi connectivity index (χ1n) is 5.42. The summed E-state index contributed by atoms with van der Waals surface area (Å²) in [5, 5.41) is -0.00884. The van der Waals surface area contributed by atoms with Crippen molar-refractivity contribution in [2.75, 3.05) is 11.5 Å². The van der Waals surface area contributed by atoms with Crippen LogP contribution in [0.4, 0.5) is 13.2 Å². The highest BCUT2D eigenvalue weighted by atomic mass is 79.9. The highest BCUT2D eigenvalue weighted by Crippen LogP contribution is 2.33. The molecule has 19 heavy (non-hydrogen) atoms. The number of rotatable bonds is 2. The Hall–Kier alpha value is -0.700. The Morgan fingerprint density at radius 2 is 2.11 bits per heavy atom. The normalized spacial score (nSPS) is 22.6. The van der Waals surface area contributed by atoms with E-state index >= 15 is 0 Å². The maximum Gasteiger partial charge on any atom is 0.433 e. The highest BCUT2D eigenvalue weighted by Gasteiger charge is 2.38. The minimum Gasteiger partial charge on any atom is -0.241 e. The summed E-state index contributed by atoms with van der Waals surface area (Å²) in [5.74, 6) is -0.797. The zero-order valence-corrected chi connectivity index (χ0v) is 12.0. The molecule has 0 aliphatic carbocycles. The van der Waals surface area contributed by atoms with E-state index in [4.69, 9.17) is 0 Å². The van der Waals surface area contributed by atoms with Gasteiger partial charge in [-0.1, -0.05) is 15.9 Å². The first-order chi connectivity index (χ1) is 8.73. The van der Waals surface area contributed by atoms with E-state index in [2.05, 4.69) is 25.9 Å². The van der Waals surface area contributed by atoms with Gasteiger partial charge in [0.15, 0.2) is 15.5 Å². The topological polar surface area (TPSA) is 59.9 Å². The van der Waals surface area contributed by atoms with Gasteiger partial charge in [-0.25, -0.2) is 18.4 Å². The Bertz CT molecular complexity index is 589. The highest BCUT2D eigenvalue weighted by molar-refractivity contribution is 9.08. The van der Waals surface area contributed by atoms with Crippen LogP contribution in [0.1, 0.15) is 29.4 Å². The predicted molar refractivity (Wildman–Crippen MR) is 65.7 cm³/mol. The molecule has 106 valence electrons. The smallest absolute Gasteiger partial charge is 0.241 e. The Morgan fingerprint density at radius 3 is 2.58 bits per heavy atom. The maximum absolute atomic E-state index is 12.8. The van der Waals surface area contributed by atoms with E-state index in [9.17, 15) is 21.6 Å². The average Bonchev–Trinajstić information content (AvgIpc) is 2.68. The fraction of sp³-hybridized carbons (Fsp3) is 0.600. The molecule has 1 fully saturated rings. The number of halogens is 4. The second-order valence-electron chi connectivity index (χ2n) is 4.33. The van der Waals surface area contributed by atoms with Crippen LogP contribution in [0.25, 0.3) is 0 Å². The molecule has 1 saturated heterocycles. The van der Waals surface area contributed by atoms with E-state index < -0.39 is 27.6 Å². The lowest BCUT2D eigenvalue weighted by Gasteiger charge is -2.13. The molecule has 1 aliphatic rings. The van der Waals surface area contributed by atoms with Crippen molar-refractivity contribution in [3.8, 4) is 0 Å². The van der Waals surface area contributed by atoms with Gasteiger partial charge in [0.25, 0.3) is 0 Å². The quantitative estimate of drug-likeness (QED) is 0.761. The summed E-state index contributed by atoms with van der Waals surface area (Å²) in [7, 11) is -3.18. The lowest BCUT2D eigenvalue weighted by atomic mass is 10.1. The molecule has 4 nitrogen and oxygen atoms in total. The van der Waals surface area contributed by atoms with Crippen LogP contribution in [-0.4, -0.2) is 29.9 Å². The van der Waals surface area contributed by atoms with Crippen molar-refractivity contribution >= 4 is 25.8 Å². The van der Waals surface area contributed by atoms with Gasteiger partial charge in [0, 0.05) is 23.0 Å². The summed E-state index contributed by atoms with van der Waals surface area (Å²) in [6.45, 7) is 0. The largest absolute Gasteiger partial charge is 0.433 e. The summed E-state index contributed by atoms with van der Waals surface area (Å²) < 4.78 is 61.1. The summed E-state index contributed by atoms with van der Waals surface area (Å²) in [5.41, 5.74) is -1.06. The standard InChI is InChI=1S/C10H10BrF3N2O2S/c11-3-7-4-15-9(16-8(7)10(12,13)14)6-1-2-19(17,18)5-6/h4,6H,1-3,5H2. The molecule has 0 aromatic carbocycles. The zero-order valence-electron chi connectivity index (χ0n) is 9.61. The molecule has 1 atom stereocenters. The Kier molecular flexibility index (Phi) is 3.87. The molecule has 9 heteroatoms. The van der Waals surface area contributed by atoms with Gasteiger partial charge < -0.3 is 0 Å². The first kappa shape index (κ1) is 14.7. The molecule has 1 aromatic heterocycles. The summed E-state index contributed by atoms with van der Waals surface area (Å²) in [6, 6.07) is 0. The Labute approximate surface area is 116 Å². The molecule has 0 saturated carbocycles. The number of hydrogen-bond donors (Lipinski definition) is 0. The van der Waals surface area contributed by atoms with Crippen molar-refractivity contribution < 1.29 is 21.6 Å². The fourth-order valence-electron chi connectivity index (χ4n) is 1.96. The summed E-state index contributed by atoms with van der Waals surface area (Å²) >= 11 is 2.95. The number of sulfone groups is 1. The van der Waals surface area contributed by atoms with Crippen LogP contribution in [0.5, 0.6) is 0 Å². The monoisotopic (exact) mass is 358 g/mol. The summed E-state index contributed by atoms with van der Waals surface area (Å²) in [6.07, 6.45) is -3.20. The lowest BCUT2D eigenvalue weighted by molar-refractivity contribution is -0.141. The molecular weight excluding hydrogens is 349 g/mol. The third kappa shape index (κ3) is 3.25. The SMILES string of the molecule is O=S1(=O)CCC(c2ncc(CBr)c(C(F)(F)F)n2)C1. The van der Waals surface area contributed by atoms with E-state index in [0.29, 0.717) is 0 Å². The number of hydrogen-bond acceptors (Lipinski definition) is 4. The van der Waals surface area contributed by atoms with Crippen LogP contribution in [-0.2, 0) is 21.3 Å². The van der Waals surface area contributed by atoms with Crippen molar-refractivity contribution in [2.24, 2.45) is 0 Å². The first-order valence-corrected chi connectivity index (χ1v) is 8.36. The molecule has 2 rings (SSSR count). The van der Waals surface area contributed by atoms with Crippen LogP contribution in [0, 0.1) is 0 Å². The number of aromatic nitrogens is 2. The average molecular weight is 359 g/mol. The molecule has 2 heterocycles. The van der Waals surface area contributed by atoms with Crippen molar-refractivity contribution in [1.29, 1.82) is 0 Å². The minimum atomic E-state index is -4.57. The van der Waals surface area contributed by atoms with Crippen molar-refractivity contribution in [1.82, 2.24) is 9.97 Å². The van der Waals surface area contributed by atoms with E-state index in [1.54, 1.807) is 0 Å². The maximum atomic E-state index is 12.8. The van der Waals surface area contributed by atoms with Gasteiger partial charge in [-0.3, -0.25) is 0 Å². The van der Waals surface area contributed by atoms with Gasteiger partial charge in [0.1, 0.15) is 5.82 Å². The van der Waals surface area contributed by atoms with Gasteiger partial charge in [0.05, 0.1) is 11.5 Å². The van der Waals surface area contributed by atoms with Crippen LogP contribution < -0.4 is 0 Å². The van der Waals surface area contributed by atoms with Gasteiger partial charge in [-0.2, -0.15) is 13.2 Å². The molecular formula is C10H10BrF3N2O2S. The fourth-order valence-corrected chi connectivity index (χ4v) is 4.11. The molecule has 0 amide bonds. The number of nitrogens with zero attached hydrogens (tertiary/aromatic N) is 2. The zero-order chi connectivity index (χ0) is 14.3. The molecule has 0 spiro atoms. The summed E-state index contributed by atoms with van der Waals surface area (Å²) in [4.78, 5) is 7.40. The Balaban J connectivity index is 2.39. The lowest BCUT2D eigenvalue weighted by Crippen LogP contribution is -2.16. The van der Waals surface area contributed by atoms with Crippen molar-refractivity contribution in [3.63, 3.8) is 0 Å². The Morgan fingerprint density at radius 1 is 1.42 bits per heavy atom. The van der Waals surface area contributed by atoms with Crippen molar-refractivity contribution in [2.45, 2.75) is 23.8 Å². The molecule has 0 N–H and O–H groups in total. The van der Waals surface area contributed by atoms with Crippen LogP contribution in [0.3, 0.4) is 0 Å². The second kappa shape index (κ2) is 5.01. The van der Waals surface area contributed by atoms with Crippen LogP contribution >= 0.6 is 15.9 Å². The van der Waals surface area contributed by atoms with E-state index in [0.717, 1.165) is 6.20 Å². The molecule has 1 aromatic rings. The van der Waals surface area contributed by atoms with E-state index in [-0.39, 0.29) is 34.6 Å². The van der Waals surface area contributed by atoms with Crippen molar-refractivity contribution in [3.05, 3.63) is 23.3 Å². The van der Waals surface area contributed by atoms with Crippen LogP contribution in [0.2, 0.25) is 0 Å². The van der Waals surface area contributed by atoms with E-state index in [1.165, 1.54) is 0 Å². The molecule has 0 radical (unpaired) electrons. The van der Waals surface area contributed by atoms with Gasteiger partial charge in [-0.15, -0.1) is 0 Å². The van der Waals surface area contributed by atoms with Gasteiger partial charge in [0.2, 0.25) is 0 Å². The third-order valence-corrected chi connectivity index (χ3v) is 5.27.